The van der Waals surface area contributed by atoms with Crippen LogP contribution in [0.2, 0.25) is 5.02 Å². The maximum Gasteiger partial charge on any atom is 0.226 e. The molecule has 6 nitrogen and oxygen atoms in total. The molecule has 0 radical (unpaired) electrons. The molecule has 0 aliphatic heterocycles. The zero-order valence-corrected chi connectivity index (χ0v) is 18.3. The standard InChI is InChI=1S/C22H19ClN4O2S/c1-4-20-25-26-22(18-10-19-17(27(18)20)8-12(2)28-19)30-11-16-13(3)29-21(24-16)14-6-5-7-15(23)9-14/h5-10H,4,11H2,1-3H3. The number of aromatic nitrogens is 4. The quantitative estimate of drug-likeness (QED) is 0.302. The molecule has 0 saturated carbocycles. The highest BCUT2D eigenvalue weighted by Crippen LogP contribution is 2.33. The number of hydrogen-bond donors (Lipinski definition) is 0. The van der Waals surface area contributed by atoms with Gasteiger partial charge in [-0.3, -0.25) is 4.40 Å². The van der Waals surface area contributed by atoms with Crippen molar-refractivity contribution in [1.82, 2.24) is 19.6 Å². The third-order valence-electron chi connectivity index (χ3n) is 4.97. The second kappa shape index (κ2) is 7.49. The van der Waals surface area contributed by atoms with Gasteiger partial charge in [0.2, 0.25) is 5.89 Å². The zero-order valence-electron chi connectivity index (χ0n) is 16.8. The van der Waals surface area contributed by atoms with E-state index in [0.29, 0.717) is 16.7 Å². The summed E-state index contributed by atoms with van der Waals surface area (Å²) in [5.41, 5.74) is 4.60. The number of aryl methyl sites for hydroxylation is 3. The Morgan fingerprint density at radius 1 is 1.07 bits per heavy atom. The third kappa shape index (κ3) is 3.28. The lowest BCUT2D eigenvalue weighted by molar-refractivity contribution is 0.540. The predicted molar refractivity (Wildman–Crippen MR) is 118 cm³/mol. The van der Waals surface area contributed by atoms with E-state index in [1.807, 2.05) is 50.2 Å². The molecule has 0 amide bonds. The van der Waals surface area contributed by atoms with Crippen molar-refractivity contribution in [3.05, 3.63) is 64.5 Å². The molecule has 4 aromatic heterocycles. The SMILES string of the molecule is CCc1nnc(SCc2nc(-c3cccc(Cl)c3)oc2C)c2cc3oc(C)cc3n12. The summed E-state index contributed by atoms with van der Waals surface area (Å²) < 4.78 is 13.8. The molecule has 0 saturated heterocycles. The summed E-state index contributed by atoms with van der Waals surface area (Å²) in [6, 6.07) is 11.6. The maximum atomic E-state index is 6.10. The summed E-state index contributed by atoms with van der Waals surface area (Å²) in [7, 11) is 0. The minimum atomic E-state index is 0.568. The molecule has 0 atom stereocenters. The van der Waals surface area contributed by atoms with Crippen molar-refractivity contribution < 1.29 is 8.83 Å². The van der Waals surface area contributed by atoms with Crippen LogP contribution in [0.1, 0.15) is 30.0 Å². The molecular weight excluding hydrogens is 420 g/mol. The van der Waals surface area contributed by atoms with Crippen LogP contribution in [0.15, 0.2) is 50.3 Å². The van der Waals surface area contributed by atoms with Crippen LogP contribution in [0.25, 0.3) is 28.1 Å². The number of benzene rings is 1. The van der Waals surface area contributed by atoms with E-state index in [9.17, 15) is 0 Å². The van der Waals surface area contributed by atoms with Gasteiger partial charge >= 0.3 is 0 Å². The fourth-order valence-corrected chi connectivity index (χ4v) is 4.65. The minimum Gasteiger partial charge on any atom is -0.460 e. The molecule has 152 valence electrons. The van der Waals surface area contributed by atoms with Crippen molar-refractivity contribution in [3.8, 4) is 11.5 Å². The van der Waals surface area contributed by atoms with E-state index < -0.39 is 0 Å². The van der Waals surface area contributed by atoms with E-state index in [4.69, 9.17) is 20.4 Å². The van der Waals surface area contributed by atoms with Crippen LogP contribution in [-0.2, 0) is 12.2 Å². The second-order valence-corrected chi connectivity index (χ2v) is 8.47. The smallest absolute Gasteiger partial charge is 0.226 e. The summed E-state index contributed by atoms with van der Waals surface area (Å²) in [6.07, 6.45) is 0.786. The van der Waals surface area contributed by atoms with E-state index in [1.54, 1.807) is 11.8 Å². The van der Waals surface area contributed by atoms with Crippen LogP contribution in [0.3, 0.4) is 0 Å². The van der Waals surface area contributed by atoms with Gasteiger partial charge in [0, 0.05) is 34.9 Å². The Hall–Kier alpha value is -2.77. The molecule has 0 bridgehead atoms. The van der Waals surface area contributed by atoms with Gasteiger partial charge in [-0.05, 0) is 32.0 Å². The lowest BCUT2D eigenvalue weighted by Crippen LogP contribution is -2.03. The van der Waals surface area contributed by atoms with Crippen molar-refractivity contribution in [3.63, 3.8) is 0 Å². The summed E-state index contributed by atoms with van der Waals surface area (Å²) in [6.45, 7) is 5.95. The Bertz CT molecular complexity index is 1390. The van der Waals surface area contributed by atoms with Crippen molar-refractivity contribution >= 4 is 40.0 Å². The normalized spacial score (nSPS) is 11.7. The number of halogens is 1. The van der Waals surface area contributed by atoms with Crippen LogP contribution in [-0.4, -0.2) is 19.6 Å². The van der Waals surface area contributed by atoms with E-state index in [-0.39, 0.29) is 0 Å². The lowest BCUT2D eigenvalue weighted by Gasteiger charge is -2.06. The number of rotatable bonds is 5. The molecule has 8 heteroatoms. The van der Waals surface area contributed by atoms with E-state index in [0.717, 1.165) is 56.7 Å². The Morgan fingerprint density at radius 3 is 2.73 bits per heavy atom. The van der Waals surface area contributed by atoms with Gasteiger partial charge in [-0.25, -0.2) is 4.98 Å². The van der Waals surface area contributed by atoms with E-state index >= 15 is 0 Å². The van der Waals surface area contributed by atoms with Crippen LogP contribution >= 0.6 is 23.4 Å². The Morgan fingerprint density at radius 2 is 1.93 bits per heavy atom. The molecule has 4 heterocycles. The van der Waals surface area contributed by atoms with Gasteiger partial charge in [0.05, 0.1) is 16.7 Å². The lowest BCUT2D eigenvalue weighted by atomic mass is 10.2. The first-order valence-corrected chi connectivity index (χ1v) is 11.0. The van der Waals surface area contributed by atoms with E-state index in [1.165, 1.54) is 0 Å². The van der Waals surface area contributed by atoms with Crippen molar-refractivity contribution in [2.24, 2.45) is 0 Å². The van der Waals surface area contributed by atoms with Gasteiger partial charge in [0.1, 0.15) is 22.4 Å². The van der Waals surface area contributed by atoms with Crippen LogP contribution in [0.5, 0.6) is 0 Å². The monoisotopic (exact) mass is 438 g/mol. The fraction of sp³-hybridized carbons (Fsp3) is 0.227. The average molecular weight is 439 g/mol. The number of fused-ring (bicyclic) bond motifs is 3. The predicted octanol–water partition coefficient (Wildman–Crippen LogP) is 6.26. The minimum absolute atomic E-state index is 0.568. The van der Waals surface area contributed by atoms with Crippen molar-refractivity contribution in [2.75, 3.05) is 0 Å². The zero-order chi connectivity index (χ0) is 20.8. The molecule has 30 heavy (non-hydrogen) atoms. The highest BCUT2D eigenvalue weighted by Gasteiger charge is 2.18. The summed E-state index contributed by atoms with van der Waals surface area (Å²) in [4.78, 5) is 4.67. The van der Waals surface area contributed by atoms with Gasteiger partial charge < -0.3 is 8.83 Å². The first-order valence-electron chi connectivity index (χ1n) is 9.65. The number of hydrogen-bond acceptors (Lipinski definition) is 6. The topological polar surface area (TPSA) is 69.4 Å². The molecule has 0 aliphatic carbocycles. The Balaban J connectivity index is 1.48. The molecule has 5 rings (SSSR count). The molecule has 0 spiro atoms. The van der Waals surface area contributed by atoms with Gasteiger partial charge in [-0.15, -0.1) is 10.2 Å². The van der Waals surface area contributed by atoms with Crippen LogP contribution in [0, 0.1) is 13.8 Å². The average Bonchev–Trinajstić information content (AvgIpc) is 3.38. The Labute approximate surface area is 182 Å². The molecule has 0 fully saturated rings. The summed E-state index contributed by atoms with van der Waals surface area (Å²) in [5.74, 6) is 3.77. The number of thioether (sulfide) groups is 1. The van der Waals surface area contributed by atoms with Gasteiger partial charge in [0.25, 0.3) is 0 Å². The largest absolute Gasteiger partial charge is 0.460 e. The van der Waals surface area contributed by atoms with Crippen molar-refractivity contribution in [1.29, 1.82) is 0 Å². The number of nitrogens with zero attached hydrogens (tertiary/aromatic N) is 4. The second-order valence-electron chi connectivity index (χ2n) is 7.07. The molecule has 0 unspecified atom stereocenters. The van der Waals surface area contributed by atoms with Crippen molar-refractivity contribution in [2.45, 2.75) is 38.0 Å². The molecule has 1 aromatic carbocycles. The first kappa shape index (κ1) is 19.2. The molecule has 0 N–H and O–H groups in total. The highest BCUT2D eigenvalue weighted by atomic mass is 35.5. The Kier molecular flexibility index (Phi) is 4.79. The summed E-state index contributed by atoms with van der Waals surface area (Å²) in [5, 5.41) is 10.4. The molecular formula is C22H19ClN4O2S. The van der Waals surface area contributed by atoms with E-state index in [2.05, 4.69) is 26.5 Å². The number of furan rings is 1. The fourth-order valence-electron chi connectivity index (χ4n) is 3.53. The number of oxazole rings is 1. The van der Waals surface area contributed by atoms with Gasteiger partial charge in [-0.2, -0.15) is 0 Å². The molecule has 0 aliphatic rings. The highest BCUT2D eigenvalue weighted by molar-refractivity contribution is 7.98. The third-order valence-corrected chi connectivity index (χ3v) is 6.19. The summed E-state index contributed by atoms with van der Waals surface area (Å²) >= 11 is 7.68. The van der Waals surface area contributed by atoms with Crippen LogP contribution < -0.4 is 0 Å². The first-order chi connectivity index (χ1) is 14.5. The molecule has 5 aromatic rings. The van der Waals surface area contributed by atoms with Crippen LogP contribution in [0.4, 0.5) is 0 Å². The van der Waals surface area contributed by atoms with Gasteiger partial charge in [0.15, 0.2) is 5.58 Å². The van der Waals surface area contributed by atoms with Gasteiger partial charge in [-0.1, -0.05) is 36.4 Å². The maximum absolute atomic E-state index is 6.10.